The van der Waals surface area contributed by atoms with Crippen molar-refractivity contribution in [2.75, 3.05) is 21.3 Å². The molecule has 0 unspecified atom stereocenters. The number of hydrogen-bond acceptors (Lipinski definition) is 6. The number of carbonyl (C=O) groups excluding carboxylic acids is 2. The Hall–Kier alpha value is -3.28. The van der Waals surface area contributed by atoms with E-state index in [1.807, 2.05) is 0 Å². The highest BCUT2D eigenvalue weighted by Gasteiger charge is 2.12. The first-order chi connectivity index (χ1) is 12.5. The van der Waals surface area contributed by atoms with E-state index in [9.17, 15) is 9.59 Å². The van der Waals surface area contributed by atoms with Crippen molar-refractivity contribution in [3.63, 3.8) is 0 Å². The van der Waals surface area contributed by atoms with Gasteiger partial charge in [0.15, 0.2) is 5.78 Å². The van der Waals surface area contributed by atoms with Gasteiger partial charge in [0.1, 0.15) is 23.0 Å². The van der Waals surface area contributed by atoms with Gasteiger partial charge in [-0.1, -0.05) is 0 Å². The topological polar surface area (TPSA) is 71.1 Å². The monoisotopic (exact) mass is 356 g/mol. The highest BCUT2D eigenvalue weighted by Crippen LogP contribution is 2.23. The molecule has 0 spiro atoms. The lowest BCUT2D eigenvalue weighted by Crippen LogP contribution is -2.05. The Bertz CT molecular complexity index is 798. The van der Waals surface area contributed by atoms with Crippen LogP contribution in [0.5, 0.6) is 17.2 Å². The highest BCUT2D eigenvalue weighted by molar-refractivity contribution is 6.05. The molecule has 0 heterocycles. The van der Waals surface area contributed by atoms with Gasteiger partial charge in [0.25, 0.3) is 0 Å². The summed E-state index contributed by atoms with van der Waals surface area (Å²) in [5.74, 6) is 0.913. The molecule has 0 aliphatic heterocycles. The van der Waals surface area contributed by atoms with Gasteiger partial charge in [-0.25, -0.2) is 4.79 Å². The van der Waals surface area contributed by atoms with Crippen molar-refractivity contribution < 1.29 is 28.5 Å². The minimum absolute atomic E-state index is 0.178. The zero-order valence-corrected chi connectivity index (χ0v) is 15.1. The average molecular weight is 356 g/mol. The number of esters is 1. The van der Waals surface area contributed by atoms with Crippen LogP contribution in [0, 0.1) is 0 Å². The minimum atomic E-state index is -0.558. The Balaban J connectivity index is 2.12. The molecule has 6 nitrogen and oxygen atoms in total. The summed E-state index contributed by atoms with van der Waals surface area (Å²) < 4.78 is 20.5. The Labute approximate surface area is 151 Å². The summed E-state index contributed by atoms with van der Waals surface area (Å²) in [7, 11) is 4.54. The molecule has 0 amide bonds. The lowest BCUT2D eigenvalue weighted by atomic mass is 10.1. The summed E-state index contributed by atoms with van der Waals surface area (Å²) in [6, 6.07) is 11.3. The molecule has 0 bridgehead atoms. The van der Waals surface area contributed by atoms with Crippen LogP contribution < -0.4 is 14.2 Å². The van der Waals surface area contributed by atoms with E-state index in [1.165, 1.54) is 27.2 Å². The number of benzene rings is 2. The minimum Gasteiger partial charge on any atom is -0.497 e. The molecule has 0 atom stereocenters. The lowest BCUT2D eigenvalue weighted by molar-refractivity contribution is 0.0625. The molecular formula is C20H20O6. The summed E-state index contributed by atoms with van der Waals surface area (Å²) in [6.45, 7) is 1.54. The van der Waals surface area contributed by atoms with Crippen LogP contribution in [0.25, 0.3) is 0 Å². The van der Waals surface area contributed by atoms with Crippen LogP contribution in [0.3, 0.4) is 0 Å². The van der Waals surface area contributed by atoms with Crippen LogP contribution in [-0.4, -0.2) is 33.1 Å². The van der Waals surface area contributed by atoms with Crippen LogP contribution in [0.4, 0.5) is 0 Å². The Morgan fingerprint density at radius 2 is 1.31 bits per heavy atom. The first-order valence-electron chi connectivity index (χ1n) is 7.78. The van der Waals surface area contributed by atoms with Gasteiger partial charge in [0, 0.05) is 17.7 Å². The molecule has 0 saturated heterocycles. The third-order valence-electron chi connectivity index (χ3n) is 3.55. The van der Waals surface area contributed by atoms with E-state index in [0.717, 1.165) is 0 Å². The number of carbonyl (C=O) groups is 2. The fraction of sp³-hybridized carbons (Fsp3) is 0.200. The third-order valence-corrected chi connectivity index (χ3v) is 3.55. The molecule has 2 aromatic rings. The second-order valence-electron chi connectivity index (χ2n) is 5.34. The van der Waals surface area contributed by atoms with Crippen LogP contribution in [0.1, 0.15) is 27.6 Å². The molecular weight excluding hydrogens is 336 g/mol. The SMILES string of the molecule is COc1ccc(C(=O)O/C(C)=C/C(=O)c2cc(OC)cc(OC)c2)cc1. The van der Waals surface area contributed by atoms with Gasteiger partial charge in [-0.2, -0.15) is 0 Å². The summed E-state index contributed by atoms with van der Waals surface area (Å²) in [5.41, 5.74) is 0.718. The van der Waals surface area contributed by atoms with Crippen molar-refractivity contribution in [3.05, 3.63) is 65.4 Å². The molecule has 0 saturated carbocycles. The predicted octanol–water partition coefficient (Wildman–Crippen LogP) is 3.66. The number of allylic oxidation sites excluding steroid dienone is 2. The van der Waals surface area contributed by atoms with Crippen molar-refractivity contribution in [2.24, 2.45) is 0 Å². The maximum Gasteiger partial charge on any atom is 0.343 e. The zero-order valence-electron chi connectivity index (χ0n) is 15.1. The maximum absolute atomic E-state index is 12.4. The molecule has 2 rings (SSSR count). The Morgan fingerprint density at radius 1 is 0.769 bits per heavy atom. The predicted molar refractivity (Wildman–Crippen MR) is 96.0 cm³/mol. The van der Waals surface area contributed by atoms with Gasteiger partial charge in [-0.05, 0) is 43.3 Å². The van der Waals surface area contributed by atoms with E-state index in [4.69, 9.17) is 18.9 Å². The summed E-state index contributed by atoms with van der Waals surface area (Å²) in [4.78, 5) is 24.5. The van der Waals surface area contributed by atoms with E-state index in [0.29, 0.717) is 28.4 Å². The number of methoxy groups -OCH3 is 3. The fourth-order valence-corrected chi connectivity index (χ4v) is 2.18. The average Bonchev–Trinajstić information content (AvgIpc) is 2.67. The van der Waals surface area contributed by atoms with Crippen molar-refractivity contribution in [1.82, 2.24) is 0 Å². The van der Waals surface area contributed by atoms with Crippen LogP contribution in [0.15, 0.2) is 54.3 Å². The van der Waals surface area contributed by atoms with Crippen molar-refractivity contribution in [1.29, 1.82) is 0 Å². The summed E-state index contributed by atoms with van der Waals surface area (Å²) in [6.07, 6.45) is 1.25. The molecule has 0 aromatic heterocycles. The molecule has 26 heavy (non-hydrogen) atoms. The van der Waals surface area contributed by atoms with E-state index >= 15 is 0 Å². The lowest BCUT2D eigenvalue weighted by Gasteiger charge is -2.08. The van der Waals surface area contributed by atoms with Gasteiger partial charge < -0.3 is 18.9 Å². The number of ketones is 1. The van der Waals surface area contributed by atoms with E-state index in [2.05, 4.69) is 0 Å². The molecule has 136 valence electrons. The number of ether oxygens (including phenoxy) is 4. The van der Waals surface area contributed by atoms with Crippen molar-refractivity contribution in [2.45, 2.75) is 6.92 Å². The largest absolute Gasteiger partial charge is 0.497 e. The maximum atomic E-state index is 12.4. The summed E-state index contributed by atoms with van der Waals surface area (Å²) in [5, 5.41) is 0. The molecule has 2 aromatic carbocycles. The van der Waals surface area contributed by atoms with E-state index < -0.39 is 5.97 Å². The quantitative estimate of drug-likeness (QED) is 0.326. The van der Waals surface area contributed by atoms with Gasteiger partial charge in [-0.3, -0.25) is 4.79 Å². The molecule has 0 aliphatic carbocycles. The third kappa shape index (κ3) is 4.86. The van der Waals surface area contributed by atoms with Crippen molar-refractivity contribution in [3.8, 4) is 17.2 Å². The van der Waals surface area contributed by atoms with E-state index in [1.54, 1.807) is 49.6 Å². The zero-order chi connectivity index (χ0) is 19.1. The standard InChI is InChI=1S/C20H20O6/c1-13(26-20(22)14-5-7-16(23-2)8-6-14)9-19(21)15-10-17(24-3)12-18(11-15)25-4/h5-12H,1-4H3/b13-9+. The van der Waals surface area contributed by atoms with Gasteiger partial charge in [0.2, 0.25) is 0 Å². The molecule has 6 heteroatoms. The fourth-order valence-electron chi connectivity index (χ4n) is 2.18. The Morgan fingerprint density at radius 3 is 1.81 bits per heavy atom. The summed E-state index contributed by atoms with van der Waals surface area (Å²) >= 11 is 0. The molecule has 0 radical (unpaired) electrons. The first-order valence-corrected chi connectivity index (χ1v) is 7.78. The van der Waals surface area contributed by atoms with Crippen LogP contribution in [0.2, 0.25) is 0 Å². The molecule has 0 N–H and O–H groups in total. The number of rotatable bonds is 7. The van der Waals surface area contributed by atoms with Crippen molar-refractivity contribution >= 4 is 11.8 Å². The van der Waals surface area contributed by atoms with Crippen LogP contribution >= 0.6 is 0 Å². The normalized spacial score (nSPS) is 10.8. The van der Waals surface area contributed by atoms with Crippen LogP contribution in [-0.2, 0) is 4.74 Å². The molecule has 0 fully saturated rings. The van der Waals surface area contributed by atoms with E-state index in [-0.39, 0.29) is 11.5 Å². The Kier molecular flexibility index (Phi) is 6.38. The second kappa shape index (κ2) is 8.71. The second-order valence-corrected chi connectivity index (χ2v) is 5.34. The molecule has 0 aliphatic rings. The highest BCUT2D eigenvalue weighted by atomic mass is 16.5. The first kappa shape index (κ1) is 19.1. The van der Waals surface area contributed by atoms with Gasteiger partial charge in [0.05, 0.1) is 26.9 Å². The van der Waals surface area contributed by atoms with Gasteiger partial charge in [-0.15, -0.1) is 0 Å². The van der Waals surface area contributed by atoms with Gasteiger partial charge >= 0.3 is 5.97 Å². The smallest absolute Gasteiger partial charge is 0.343 e. The number of hydrogen-bond donors (Lipinski definition) is 0.